The summed E-state index contributed by atoms with van der Waals surface area (Å²) in [6.07, 6.45) is 8.56. The van der Waals surface area contributed by atoms with Gasteiger partial charge in [-0.1, -0.05) is 11.6 Å². The molecule has 22 heavy (non-hydrogen) atoms. The molecule has 5 heteroatoms. The van der Waals surface area contributed by atoms with E-state index in [4.69, 9.17) is 16.7 Å². The summed E-state index contributed by atoms with van der Waals surface area (Å²) in [4.78, 5) is 2.51. The zero-order valence-electron chi connectivity index (χ0n) is 12.7. The molecule has 1 aliphatic carbocycles. The Morgan fingerprint density at radius 2 is 2.00 bits per heavy atom. The van der Waals surface area contributed by atoms with Crippen LogP contribution in [0.25, 0.3) is 5.69 Å². The molecule has 0 radical (unpaired) electrons. The molecule has 1 heterocycles. The van der Waals surface area contributed by atoms with Gasteiger partial charge in [0.1, 0.15) is 0 Å². The number of aromatic nitrogens is 2. The lowest BCUT2D eigenvalue weighted by Crippen LogP contribution is -2.26. The second-order valence-corrected chi connectivity index (χ2v) is 6.34. The normalized spacial score (nSPS) is 14.7. The number of hydrogen-bond acceptors (Lipinski definition) is 3. The maximum absolute atomic E-state index is 8.93. The highest BCUT2D eigenvalue weighted by molar-refractivity contribution is 6.30. The van der Waals surface area contributed by atoms with E-state index in [1.165, 1.54) is 18.4 Å². The lowest BCUT2D eigenvalue weighted by molar-refractivity contribution is 0.229. The van der Waals surface area contributed by atoms with Crippen molar-refractivity contribution in [3.05, 3.63) is 47.2 Å². The molecule has 2 aromatic rings. The number of aliphatic hydroxyl groups is 1. The summed E-state index contributed by atoms with van der Waals surface area (Å²) in [6.45, 7) is 2.27. The Bertz CT molecular complexity index is 592. The van der Waals surface area contributed by atoms with E-state index < -0.39 is 0 Å². The van der Waals surface area contributed by atoms with Crippen molar-refractivity contribution in [3.63, 3.8) is 0 Å². The standard InChI is InChI=1S/C17H22ClN3O/c18-15-3-5-17(6-4-15)21-13-14(11-19-21)12-20(16-7-8-16)9-1-2-10-22/h3-6,11,13,16,22H,1-2,7-10,12H2. The van der Waals surface area contributed by atoms with Crippen molar-refractivity contribution in [3.8, 4) is 5.69 Å². The number of aliphatic hydroxyl groups excluding tert-OH is 1. The molecule has 118 valence electrons. The lowest BCUT2D eigenvalue weighted by atomic mass is 10.2. The van der Waals surface area contributed by atoms with E-state index in [2.05, 4.69) is 16.2 Å². The Balaban J connectivity index is 1.63. The van der Waals surface area contributed by atoms with Crippen LogP contribution < -0.4 is 0 Å². The molecule has 1 N–H and O–H groups in total. The van der Waals surface area contributed by atoms with Crippen molar-refractivity contribution in [2.75, 3.05) is 13.2 Å². The molecule has 0 saturated heterocycles. The van der Waals surface area contributed by atoms with Crippen LogP contribution in [0.3, 0.4) is 0 Å². The molecule has 0 spiro atoms. The van der Waals surface area contributed by atoms with Crippen molar-refractivity contribution in [1.29, 1.82) is 0 Å². The topological polar surface area (TPSA) is 41.3 Å². The van der Waals surface area contributed by atoms with Gasteiger partial charge in [0.15, 0.2) is 0 Å². The van der Waals surface area contributed by atoms with Gasteiger partial charge in [0.05, 0.1) is 11.9 Å². The minimum Gasteiger partial charge on any atom is -0.396 e. The molecule has 3 rings (SSSR count). The second kappa shape index (κ2) is 7.27. The molecule has 0 bridgehead atoms. The fourth-order valence-corrected chi connectivity index (χ4v) is 2.79. The van der Waals surface area contributed by atoms with E-state index in [0.717, 1.165) is 42.7 Å². The molecule has 4 nitrogen and oxygen atoms in total. The van der Waals surface area contributed by atoms with Gasteiger partial charge in [-0.05, 0) is 56.5 Å². The molecule has 1 aromatic heterocycles. The summed E-state index contributed by atoms with van der Waals surface area (Å²) in [6, 6.07) is 8.42. The zero-order chi connectivity index (χ0) is 15.4. The Hall–Kier alpha value is -1.36. The predicted octanol–water partition coefficient (Wildman–Crippen LogP) is 3.26. The molecule has 1 aromatic carbocycles. The highest BCUT2D eigenvalue weighted by atomic mass is 35.5. The Kier molecular flexibility index (Phi) is 5.13. The maximum atomic E-state index is 8.93. The van der Waals surface area contributed by atoms with E-state index in [0.29, 0.717) is 0 Å². The minimum absolute atomic E-state index is 0.285. The zero-order valence-corrected chi connectivity index (χ0v) is 13.4. The first-order valence-electron chi connectivity index (χ1n) is 7.90. The van der Waals surface area contributed by atoms with Gasteiger partial charge in [-0.2, -0.15) is 5.10 Å². The van der Waals surface area contributed by atoms with Crippen LogP contribution in [0, 0.1) is 0 Å². The summed E-state index contributed by atoms with van der Waals surface area (Å²) in [5, 5.41) is 14.1. The van der Waals surface area contributed by atoms with Gasteiger partial charge in [0.25, 0.3) is 0 Å². The predicted molar refractivity (Wildman–Crippen MR) is 88.3 cm³/mol. The van der Waals surface area contributed by atoms with E-state index in [-0.39, 0.29) is 6.61 Å². The highest BCUT2D eigenvalue weighted by Gasteiger charge is 2.28. The lowest BCUT2D eigenvalue weighted by Gasteiger charge is -2.20. The maximum Gasteiger partial charge on any atom is 0.0646 e. The van der Waals surface area contributed by atoms with Crippen LogP contribution >= 0.6 is 11.6 Å². The number of hydrogen-bond donors (Lipinski definition) is 1. The van der Waals surface area contributed by atoms with Gasteiger partial charge in [0.2, 0.25) is 0 Å². The second-order valence-electron chi connectivity index (χ2n) is 5.90. The van der Waals surface area contributed by atoms with Gasteiger partial charge in [-0.3, -0.25) is 4.90 Å². The summed E-state index contributed by atoms with van der Waals surface area (Å²) in [7, 11) is 0. The molecule has 0 unspecified atom stereocenters. The number of unbranched alkanes of at least 4 members (excludes halogenated alkanes) is 1. The SMILES string of the molecule is OCCCCN(Cc1cnn(-c2ccc(Cl)cc2)c1)C1CC1. The smallest absolute Gasteiger partial charge is 0.0646 e. The van der Waals surface area contributed by atoms with Gasteiger partial charge < -0.3 is 5.11 Å². The molecular formula is C17H22ClN3O. The van der Waals surface area contributed by atoms with Crippen molar-refractivity contribution in [2.45, 2.75) is 38.3 Å². The van der Waals surface area contributed by atoms with E-state index in [1.54, 1.807) is 0 Å². The fraction of sp³-hybridized carbons (Fsp3) is 0.471. The van der Waals surface area contributed by atoms with Crippen LogP contribution in [0.1, 0.15) is 31.2 Å². The van der Waals surface area contributed by atoms with Crippen LogP contribution in [0.4, 0.5) is 0 Å². The first-order valence-corrected chi connectivity index (χ1v) is 8.28. The first kappa shape index (κ1) is 15.5. The summed E-state index contributed by atoms with van der Waals surface area (Å²) in [5.74, 6) is 0. The van der Waals surface area contributed by atoms with Crippen LogP contribution in [0.5, 0.6) is 0 Å². The molecule has 0 atom stereocenters. The average Bonchev–Trinajstić information content (AvgIpc) is 3.27. The highest BCUT2D eigenvalue weighted by Crippen LogP contribution is 2.28. The van der Waals surface area contributed by atoms with Gasteiger partial charge >= 0.3 is 0 Å². The molecular weight excluding hydrogens is 298 g/mol. The fourth-order valence-electron chi connectivity index (χ4n) is 2.67. The quantitative estimate of drug-likeness (QED) is 0.759. The minimum atomic E-state index is 0.285. The van der Waals surface area contributed by atoms with Gasteiger partial charge in [0, 0.05) is 36.0 Å². The number of benzene rings is 1. The third-order valence-electron chi connectivity index (χ3n) is 4.03. The Labute approximate surface area is 136 Å². The van der Waals surface area contributed by atoms with Gasteiger partial charge in [-0.15, -0.1) is 0 Å². The first-order chi connectivity index (χ1) is 10.8. The molecule has 1 aliphatic rings. The molecule has 0 aliphatic heterocycles. The van der Waals surface area contributed by atoms with Crippen molar-refractivity contribution in [1.82, 2.24) is 14.7 Å². The van der Waals surface area contributed by atoms with E-state index in [1.807, 2.05) is 35.1 Å². The van der Waals surface area contributed by atoms with Crippen LogP contribution in [0.2, 0.25) is 5.02 Å². The Morgan fingerprint density at radius 1 is 1.23 bits per heavy atom. The summed E-state index contributed by atoms with van der Waals surface area (Å²) >= 11 is 5.92. The number of rotatable bonds is 8. The van der Waals surface area contributed by atoms with Crippen molar-refractivity contribution < 1.29 is 5.11 Å². The van der Waals surface area contributed by atoms with E-state index in [9.17, 15) is 0 Å². The van der Waals surface area contributed by atoms with Gasteiger partial charge in [-0.25, -0.2) is 4.68 Å². The van der Waals surface area contributed by atoms with E-state index >= 15 is 0 Å². The van der Waals surface area contributed by atoms with Crippen molar-refractivity contribution >= 4 is 11.6 Å². The van der Waals surface area contributed by atoms with Crippen LogP contribution in [0.15, 0.2) is 36.7 Å². The molecule has 0 amide bonds. The number of nitrogens with zero attached hydrogens (tertiary/aromatic N) is 3. The van der Waals surface area contributed by atoms with Crippen LogP contribution in [-0.4, -0.2) is 39.0 Å². The van der Waals surface area contributed by atoms with Crippen molar-refractivity contribution in [2.24, 2.45) is 0 Å². The summed E-state index contributed by atoms with van der Waals surface area (Å²) < 4.78 is 1.89. The molecule has 1 fully saturated rings. The largest absolute Gasteiger partial charge is 0.396 e. The Morgan fingerprint density at radius 3 is 2.68 bits per heavy atom. The summed E-state index contributed by atoms with van der Waals surface area (Å²) in [5.41, 5.74) is 2.25. The third-order valence-corrected chi connectivity index (χ3v) is 4.28. The monoisotopic (exact) mass is 319 g/mol. The molecule has 1 saturated carbocycles. The van der Waals surface area contributed by atoms with Crippen LogP contribution in [-0.2, 0) is 6.54 Å². The third kappa shape index (κ3) is 4.09. The average molecular weight is 320 g/mol. The number of halogens is 1.